The van der Waals surface area contributed by atoms with E-state index in [1.54, 1.807) is 12.1 Å². The van der Waals surface area contributed by atoms with E-state index in [9.17, 15) is 13.2 Å². The number of rotatable bonds is 4. The summed E-state index contributed by atoms with van der Waals surface area (Å²) >= 11 is 1.50. The second-order valence-corrected chi connectivity index (χ2v) is 9.90. The molecule has 0 bridgehead atoms. The first-order chi connectivity index (χ1) is 13.6. The van der Waals surface area contributed by atoms with Crippen molar-refractivity contribution < 1.29 is 17.9 Å². The fourth-order valence-corrected chi connectivity index (χ4v) is 5.76. The number of nitrogens with one attached hydrogen (secondary N) is 1. The third kappa shape index (κ3) is 4.05. The van der Waals surface area contributed by atoms with Crippen LogP contribution in [0, 0.1) is 0 Å². The first kappa shape index (κ1) is 19.7. The largest absolute Gasteiger partial charge is 0.379 e. The van der Waals surface area contributed by atoms with E-state index in [0.717, 1.165) is 37.4 Å². The topological polar surface area (TPSA) is 91.3 Å². The number of hydrogen-bond acceptors (Lipinski definition) is 7. The van der Waals surface area contributed by atoms with Crippen LogP contribution in [0.2, 0.25) is 0 Å². The molecule has 28 heavy (non-hydrogen) atoms. The second kappa shape index (κ2) is 8.40. The molecule has 0 radical (unpaired) electrons. The molecule has 1 aromatic rings. The van der Waals surface area contributed by atoms with Gasteiger partial charge >= 0.3 is 0 Å². The van der Waals surface area contributed by atoms with Gasteiger partial charge in [-0.05, 0) is 31.0 Å². The maximum Gasteiger partial charge on any atom is 0.259 e. The van der Waals surface area contributed by atoms with E-state index >= 15 is 0 Å². The lowest BCUT2D eigenvalue weighted by Gasteiger charge is -2.27. The Morgan fingerprint density at radius 1 is 1.14 bits per heavy atom. The van der Waals surface area contributed by atoms with Crippen LogP contribution in [0.3, 0.4) is 0 Å². The van der Waals surface area contributed by atoms with Gasteiger partial charge in [-0.1, -0.05) is 11.8 Å². The van der Waals surface area contributed by atoms with Crippen LogP contribution in [-0.4, -0.2) is 75.5 Å². The number of aliphatic imine (C=N–C) groups is 1. The number of amides is 1. The number of anilines is 1. The minimum Gasteiger partial charge on any atom is -0.379 e. The molecule has 3 aliphatic rings. The molecule has 0 aromatic heterocycles. The monoisotopic (exact) mass is 424 g/mol. The highest BCUT2D eigenvalue weighted by molar-refractivity contribution is 8.14. The van der Waals surface area contributed by atoms with Crippen molar-refractivity contribution in [3.8, 4) is 0 Å². The first-order valence-corrected chi connectivity index (χ1v) is 11.9. The zero-order valence-electron chi connectivity index (χ0n) is 15.6. The number of ether oxygens (including phenoxy) is 1. The molecular formula is C18H24N4O4S2. The van der Waals surface area contributed by atoms with Gasteiger partial charge in [0.2, 0.25) is 10.0 Å². The average Bonchev–Trinajstić information content (AvgIpc) is 3.42. The van der Waals surface area contributed by atoms with Crippen molar-refractivity contribution in [2.75, 3.05) is 56.6 Å². The Morgan fingerprint density at radius 2 is 1.89 bits per heavy atom. The van der Waals surface area contributed by atoms with Crippen molar-refractivity contribution in [1.82, 2.24) is 9.62 Å². The van der Waals surface area contributed by atoms with Gasteiger partial charge in [0.1, 0.15) is 0 Å². The maximum absolute atomic E-state index is 13.0. The first-order valence-electron chi connectivity index (χ1n) is 9.51. The van der Waals surface area contributed by atoms with E-state index in [0.29, 0.717) is 43.6 Å². The SMILES string of the molecule is O=C(NC1=NCCS1)c1cc(S(=O)(=O)N2CCOCC2)ccc1N1CCCC1. The van der Waals surface area contributed by atoms with Gasteiger partial charge < -0.3 is 15.0 Å². The predicted molar refractivity (Wildman–Crippen MR) is 110 cm³/mol. The molecule has 1 amide bonds. The summed E-state index contributed by atoms with van der Waals surface area (Å²) in [5, 5.41) is 3.43. The van der Waals surface area contributed by atoms with Crippen LogP contribution in [0.5, 0.6) is 0 Å². The van der Waals surface area contributed by atoms with Gasteiger partial charge in [-0.2, -0.15) is 4.31 Å². The standard InChI is InChI=1S/C18H24N4O4S2/c23-17(20-18-19-5-12-27-18)15-13-14(3-4-16(15)21-6-1-2-7-21)28(24,25)22-8-10-26-11-9-22/h3-4,13H,1-2,5-12H2,(H,19,20,23). The lowest BCUT2D eigenvalue weighted by Crippen LogP contribution is -2.40. The molecule has 1 aromatic carbocycles. The number of carbonyl (C=O) groups excluding carboxylic acids is 1. The number of amidine groups is 1. The number of carbonyl (C=O) groups is 1. The van der Waals surface area contributed by atoms with E-state index in [2.05, 4.69) is 15.2 Å². The van der Waals surface area contributed by atoms with Gasteiger partial charge in [-0.15, -0.1) is 0 Å². The van der Waals surface area contributed by atoms with Gasteiger partial charge in [0, 0.05) is 37.6 Å². The molecule has 10 heteroatoms. The summed E-state index contributed by atoms with van der Waals surface area (Å²) in [7, 11) is -3.67. The molecule has 0 unspecified atom stereocenters. The Kier molecular flexibility index (Phi) is 5.91. The number of morpholine rings is 1. The van der Waals surface area contributed by atoms with E-state index in [-0.39, 0.29) is 10.8 Å². The summed E-state index contributed by atoms with van der Waals surface area (Å²) < 4.78 is 32.8. The van der Waals surface area contributed by atoms with Crippen LogP contribution in [0.4, 0.5) is 5.69 Å². The Labute approximate surface area is 169 Å². The van der Waals surface area contributed by atoms with Gasteiger partial charge in [-0.25, -0.2) is 8.42 Å². The molecule has 152 valence electrons. The number of hydrogen-bond donors (Lipinski definition) is 1. The van der Waals surface area contributed by atoms with Gasteiger partial charge in [0.15, 0.2) is 5.17 Å². The lowest BCUT2D eigenvalue weighted by atomic mass is 10.1. The lowest BCUT2D eigenvalue weighted by molar-refractivity contribution is 0.0730. The number of thioether (sulfide) groups is 1. The normalized spacial score (nSPS) is 21.0. The Morgan fingerprint density at radius 3 is 2.57 bits per heavy atom. The van der Waals surface area contributed by atoms with Crippen LogP contribution in [0.1, 0.15) is 23.2 Å². The van der Waals surface area contributed by atoms with Gasteiger partial charge in [-0.3, -0.25) is 9.79 Å². The molecule has 2 fully saturated rings. The van der Waals surface area contributed by atoms with Crippen LogP contribution < -0.4 is 10.2 Å². The summed E-state index contributed by atoms with van der Waals surface area (Å²) in [6, 6.07) is 4.88. The Balaban J connectivity index is 1.68. The van der Waals surface area contributed by atoms with Crippen molar-refractivity contribution >= 4 is 38.5 Å². The summed E-state index contributed by atoms with van der Waals surface area (Å²) in [5.74, 6) is 0.536. The number of sulfonamides is 1. The minimum atomic E-state index is -3.67. The molecule has 3 heterocycles. The summed E-state index contributed by atoms with van der Waals surface area (Å²) in [6.07, 6.45) is 2.13. The predicted octanol–water partition coefficient (Wildman–Crippen LogP) is 1.14. The molecular weight excluding hydrogens is 400 g/mol. The highest BCUT2D eigenvalue weighted by atomic mass is 32.2. The van der Waals surface area contributed by atoms with E-state index in [1.165, 1.54) is 22.1 Å². The van der Waals surface area contributed by atoms with Crippen molar-refractivity contribution in [2.24, 2.45) is 4.99 Å². The van der Waals surface area contributed by atoms with Crippen LogP contribution >= 0.6 is 11.8 Å². The summed E-state index contributed by atoms with van der Waals surface area (Å²) in [6.45, 7) is 3.84. The van der Waals surface area contributed by atoms with Crippen molar-refractivity contribution in [2.45, 2.75) is 17.7 Å². The zero-order valence-corrected chi connectivity index (χ0v) is 17.2. The van der Waals surface area contributed by atoms with Gasteiger partial charge in [0.25, 0.3) is 5.91 Å². The van der Waals surface area contributed by atoms with E-state index in [4.69, 9.17) is 4.74 Å². The quantitative estimate of drug-likeness (QED) is 0.779. The fraction of sp³-hybridized carbons (Fsp3) is 0.556. The van der Waals surface area contributed by atoms with E-state index < -0.39 is 10.0 Å². The average molecular weight is 425 g/mol. The fourth-order valence-electron chi connectivity index (χ4n) is 3.60. The van der Waals surface area contributed by atoms with E-state index in [1.807, 2.05) is 0 Å². The van der Waals surface area contributed by atoms with Gasteiger partial charge in [0.05, 0.1) is 30.2 Å². The van der Waals surface area contributed by atoms with Crippen LogP contribution in [-0.2, 0) is 14.8 Å². The Hall–Kier alpha value is -1.62. The highest BCUT2D eigenvalue weighted by Gasteiger charge is 2.29. The van der Waals surface area contributed by atoms with Crippen LogP contribution in [0.15, 0.2) is 28.1 Å². The summed E-state index contributed by atoms with van der Waals surface area (Å²) in [5.41, 5.74) is 1.16. The highest BCUT2D eigenvalue weighted by Crippen LogP contribution is 2.29. The summed E-state index contributed by atoms with van der Waals surface area (Å²) in [4.78, 5) is 19.5. The molecule has 4 rings (SSSR count). The molecule has 0 spiro atoms. The molecule has 3 aliphatic heterocycles. The maximum atomic E-state index is 13.0. The smallest absolute Gasteiger partial charge is 0.259 e. The third-order valence-electron chi connectivity index (χ3n) is 5.07. The van der Waals surface area contributed by atoms with Crippen molar-refractivity contribution in [3.63, 3.8) is 0 Å². The van der Waals surface area contributed by atoms with Crippen LogP contribution in [0.25, 0.3) is 0 Å². The van der Waals surface area contributed by atoms with Crippen molar-refractivity contribution in [3.05, 3.63) is 23.8 Å². The molecule has 8 nitrogen and oxygen atoms in total. The van der Waals surface area contributed by atoms with Crippen molar-refractivity contribution in [1.29, 1.82) is 0 Å². The molecule has 0 atom stereocenters. The number of benzene rings is 1. The molecule has 0 aliphatic carbocycles. The Bertz CT molecular complexity index is 876. The molecule has 0 saturated carbocycles. The molecule has 2 saturated heterocycles. The second-order valence-electron chi connectivity index (χ2n) is 6.88. The minimum absolute atomic E-state index is 0.142. The molecule has 1 N–H and O–H groups in total. The number of nitrogens with zero attached hydrogens (tertiary/aromatic N) is 3. The third-order valence-corrected chi connectivity index (χ3v) is 7.86. The zero-order chi connectivity index (χ0) is 19.6.